The molecular weight excluding hydrogens is 358 g/mol. The van der Waals surface area contributed by atoms with Crippen LogP contribution in [-0.2, 0) is 17.6 Å². The maximum absolute atomic E-state index is 12.0. The molecule has 0 aromatic carbocycles. The van der Waals surface area contributed by atoms with E-state index in [-0.39, 0.29) is 5.91 Å². The van der Waals surface area contributed by atoms with Gasteiger partial charge in [-0.15, -0.1) is 11.3 Å². The predicted octanol–water partition coefficient (Wildman–Crippen LogP) is 2.92. The second-order valence-electron chi connectivity index (χ2n) is 8.11. The number of amides is 1. The largest absolute Gasteiger partial charge is 0.367 e. The maximum Gasteiger partial charge on any atom is 0.236 e. The summed E-state index contributed by atoms with van der Waals surface area (Å²) in [5, 5.41) is 4.99. The van der Waals surface area contributed by atoms with Crippen molar-refractivity contribution in [2.75, 3.05) is 33.0 Å². The molecule has 0 spiro atoms. The minimum Gasteiger partial charge on any atom is -0.367 e. The van der Waals surface area contributed by atoms with Gasteiger partial charge in [-0.2, -0.15) is 0 Å². The van der Waals surface area contributed by atoms with Crippen LogP contribution in [0.5, 0.6) is 0 Å². The van der Waals surface area contributed by atoms with E-state index >= 15 is 0 Å². The van der Waals surface area contributed by atoms with E-state index in [1.807, 2.05) is 25.4 Å². The zero-order valence-corrected chi connectivity index (χ0v) is 17.3. The van der Waals surface area contributed by atoms with Gasteiger partial charge in [0.1, 0.15) is 17.0 Å². The Morgan fingerprint density at radius 3 is 2.70 bits per heavy atom. The van der Waals surface area contributed by atoms with Crippen molar-refractivity contribution in [3.63, 3.8) is 0 Å². The van der Waals surface area contributed by atoms with Gasteiger partial charge >= 0.3 is 0 Å². The molecule has 0 saturated heterocycles. The van der Waals surface area contributed by atoms with Crippen LogP contribution in [-0.4, -0.2) is 65.4 Å². The molecule has 7 heteroatoms. The number of thiophene rings is 1. The van der Waals surface area contributed by atoms with Crippen molar-refractivity contribution in [1.82, 2.24) is 19.8 Å². The van der Waals surface area contributed by atoms with Gasteiger partial charge < -0.3 is 10.2 Å². The molecule has 4 rings (SSSR count). The molecule has 0 bridgehead atoms. The molecule has 2 aliphatic carbocycles. The van der Waals surface area contributed by atoms with E-state index in [1.54, 1.807) is 11.2 Å². The molecule has 6 nitrogen and oxygen atoms in total. The van der Waals surface area contributed by atoms with Gasteiger partial charge in [0.15, 0.2) is 0 Å². The lowest BCUT2D eigenvalue weighted by Gasteiger charge is -2.35. The van der Waals surface area contributed by atoms with Crippen molar-refractivity contribution in [3.05, 3.63) is 16.8 Å². The van der Waals surface area contributed by atoms with Crippen molar-refractivity contribution in [2.24, 2.45) is 0 Å². The molecule has 0 atom stereocenters. The SMILES string of the molecule is CN(C)C(=O)CN(C)[C@H]1CC[C@H](Nc2ncnc3sc4c(c23)CCC4)CC1. The summed E-state index contributed by atoms with van der Waals surface area (Å²) in [5.41, 5.74) is 1.48. The van der Waals surface area contributed by atoms with E-state index in [4.69, 9.17) is 0 Å². The summed E-state index contributed by atoms with van der Waals surface area (Å²) in [6, 6.07) is 0.942. The quantitative estimate of drug-likeness (QED) is 0.855. The topological polar surface area (TPSA) is 61.4 Å². The highest BCUT2D eigenvalue weighted by atomic mass is 32.1. The van der Waals surface area contributed by atoms with Gasteiger partial charge in [0.25, 0.3) is 0 Å². The Labute approximate surface area is 165 Å². The summed E-state index contributed by atoms with van der Waals surface area (Å²) in [6.45, 7) is 0.503. The summed E-state index contributed by atoms with van der Waals surface area (Å²) in [7, 11) is 5.71. The Morgan fingerprint density at radius 2 is 1.96 bits per heavy atom. The van der Waals surface area contributed by atoms with E-state index in [1.165, 1.54) is 28.7 Å². The minimum atomic E-state index is 0.174. The van der Waals surface area contributed by atoms with E-state index in [2.05, 4.69) is 27.2 Å². The number of hydrogen-bond acceptors (Lipinski definition) is 6. The molecule has 2 aromatic heterocycles. The second-order valence-corrected chi connectivity index (χ2v) is 9.20. The number of anilines is 1. The number of carbonyl (C=O) groups is 1. The lowest BCUT2D eigenvalue weighted by Crippen LogP contribution is -2.43. The van der Waals surface area contributed by atoms with Crippen molar-refractivity contribution >= 4 is 33.3 Å². The average molecular weight is 388 g/mol. The van der Waals surface area contributed by atoms with E-state index in [0.29, 0.717) is 18.6 Å². The molecule has 2 aromatic rings. The number of carbonyl (C=O) groups excluding carboxylic acids is 1. The van der Waals surface area contributed by atoms with Gasteiger partial charge in [-0.05, 0) is 57.6 Å². The third-order valence-electron chi connectivity index (χ3n) is 6.05. The molecule has 27 heavy (non-hydrogen) atoms. The van der Waals surface area contributed by atoms with E-state index in [9.17, 15) is 4.79 Å². The van der Waals surface area contributed by atoms with Gasteiger partial charge in [0.05, 0.1) is 11.9 Å². The Hall–Kier alpha value is -1.73. The number of aromatic nitrogens is 2. The molecule has 1 amide bonds. The molecule has 2 aliphatic rings. The summed E-state index contributed by atoms with van der Waals surface area (Å²) in [6.07, 6.45) is 9.77. The average Bonchev–Trinajstić information content (AvgIpc) is 3.23. The Bertz CT molecular complexity index is 825. The van der Waals surface area contributed by atoms with Gasteiger partial charge in [-0.1, -0.05) is 0 Å². The smallest absolute Gasteiger partial charge is 0.236 e. The van der Waals surface area contributed by atoms with Crippen molar-refractivity contribution < 1.29 is 4.79 Å². The summed E-state index contributed by atoms with van der Waals surface area (Å²) >= 11 is 1.84. The molecule has 1 fully saturated rings. The van der Waals surface area contributed by atoms with Crippen LogP contribution in [0.1, 0.15) is 42.5 Å². The molecule has 1 saturated carbocycles. The third-order valence-corrected chi connectivity index (χ3v) is 7.25. The molecule has 0 aliphatic heterocycles. The first-order valence-corrected chi connectivity index (χ1v) is 10.8. The summed E-state index contributed by atoms with van der Waals surface area (Å²) in [5.74, 6) is 1.20. The molecule has 0 unspecified atom stereocenters. The van der Waals surface area contributed by atoms with Gasteiger partial charge in [0.2, 0.25) is 5.91 Å². The zero-order chi connectivity index (χ0) is 19.0. The number of aryl methyl sites for hydroxylation is 2. The molecular formula is C20H29N5OS. The third kappa shape index (κ3) is 3.80. The van der Waals surface area contributed by atoms with Crippen molar-refractivity contribution in [2.45, 2.75) is 57.0 Å². The molecule has 0 radical (unpaired) electrons. The first-order chi connectivity index (χ1) is 13.0. The van der Waals surface area contributed by atoms with Crippen LogP contribution in [0.15, 0.2) is 6.33 Å². The fourth-order valence-electron chi connectivity index (χ4n) is 4.38. The zero-order valence-electron chi connectivity index (χ0n) is 16.5. The fourth-order valence-corrected chi connectivity index (χ4v) is 5.61. The first kappa shape index (κ1) is 18.6. The maximum atomic E-state index is 12.0. The Morgan fingerprint density at radius 1 is 1.19 bits per heavy atom. The van der Waals surface area contributed by atoms with Crippen LogP contribution in [0.3, 0.4) is 0 Å². The van der Waals surface area contributed by atoms with Crippen LogP contribution < -0.4 is 5.32 Å². The first-order valence-electron chi connectivity index (χ1n) is 9.95. The van der Waals surface area contributed by atoms with E-state index in [0.717, 1.165) is 42.8 Å². The number of likely N-dealkylation sites (N-methyl/N-ethyl adjacent to an activating group) is 2. The van der Waals surface area contributed by atoms with Crippen LogP contribution in [0.2, 0.25) is 0 Å². The molecule has 1 N–H and O–H groups in total. The standard InChI is InChI=1S/C20H29N5OS/c1-24(2)17(26)11-25(3)14-9-7-13(8-10-14)23-19-18-15-5-4-6-16(15)27-20(18)22-12-21-19/h12-14H,4-11H2,1-3H3,(H,21,22,23)/t13-,14-. The Balaban J connectivity index is 1.39. The van der Waals surface area contributed by atoms with Crippen LogP contribution in [0.25, 0.3) is 10.2 Å². The lowest BCUT2D eigenvalue weighted by atomic mass is 9.90. The monoisotopic (exact) mass is 387 g/mol. The van der Waals surface area contributed by atoms with Crippen molar-refractivity contribution in [3.8, 4) is 0 Å². The number of fused-ring (bicyclic) bond motifs is 3. The predicted molar refractivity (Wildman–Crippen MR) is 110 cm³/mol. The van der Waals surface area contributed by atoms with Crippen LogP contribution >= 0.6 is 11.3 Å². The number of hydrogen-bond donors (Lipinski definition) is 1. The normalized spacial score (nSPS) is 22.2. The highest BCUT2D eigenvalue weighted by molar-refractivity contribution is 7.19. The van der Waals surface area contributed by atoms with Gasteiger partial charge in [-0.3, -0.25) is 9.69 Å². The number of nitrogens with one attached hydrogen (secondary N) is 1. The number of nitrogens with zero attached hydrogens (tertiary/aromatic N) is 4. The van der Waals surface area contributed by atoms with Gasteiger partial charge in [-0.25, -0.2) is 9.97 Å². The Kier molecular flexibility index (Phi) is 5.32. The van der Waals surface area contributed by atoms with E-state index < -0.39 is 0 Å². The van der Waals surface area contributed by atoms with Crippen molar-refractivity contribution in [1.29, 1.82) is 0 Å². The second kappa shape index (κ2) is 7.72. The van der Waals surface area contributed by atoms with Crippen LogP contribution in [0, 0.1) is 0 Å². The molecule has 2 heterocycles. The highest BCUT2D eigenvalue weighted by Gasteiger charge is 2.27. The van der Waals surface area contributed by atoms with Crippen LogP contribution in [0.4, 0.5) is 5.82 Å². The lowest BCUT2D eigenvalue weighted by molar-refractivity contribution is -0.130. The minimum absolute atomic E-state index is 0.174. The summed E-state index contributed by atoms with van der Waals surface area (Å²) in [4.78, 5) is 27.6. The fraction of sp³-hybridized carbons (Fsp3) is 0.650. The molecule has 146 valence electrons. The summed E-state index contributed by atoms with van der Waals surface area (Å²) < 4.78 is 0. The number of rotatable bonds is 5. The highest BCUT2D eigenvalue weighted by Crippen LogP contribution is 2.39. The van der Waals surface area contributed by atoms with Gasteiger partial charge in [0, 0.05) is 31.1 Å².